The molecule has 0 spiro atoms. The summed E-state index contributed by atoms with van der Waals surface area (Å²) in [6, 6.07) is 11.5. The summed E-state index contributed by atoms with van der Waals surface area (Å²) in [5, 5.41) is 3.31. The van der Waals surface area contributed by atoms with E-state index >= 15 is 0 Å². The molecule has 1 heterocycles. The van der Waals surface area contributed by atoms with Crippen LogP contribution in [0.25, 0.3) is 6.08 Å². The van der Waals surface area contributed by atoms with E-state index in [-0.39, 0.29) is 5.91 Å². The lowest BCUT2D eigenvalue weighted by molar-refractivity contribution is -0.111. The van der Waals surface area contributed by atoms with Crippen LogP contribution < -0.4 is 14.8 Å². The fraction of sp³-hybridized carbons (Fsp3) is 0.375. The van der Waals surface area contributed by atoms with Gasteiger partial charge in [0.15, 0.2) is 11.5 Å². The molecule has 6 nitrogen and oxygen atoms in total. The number of ether oxygens (including phenoxy) is 3. The van der Waals surface area contributed by atoms with Gasteiger partial charge in [0, 0.05) is 31.4 Å². The van der Waals surface area contributed by atoms with E-state index in [4.69, 9.17) is 25.8 Å². The van der Waals surface area contributed by atoms with E-state index in [0.29, 0.717) is 23.1 Å². The number of hydrogen-bond acceptors (Lipinski definition) is 5. The maximum atomic E-state index is 12.3. The molecule has 0 unspecified atom stereocenters. The molecule has 31 heavy (non-hydrogen) atoms. The average Bonchev–Trinajstić information content (AvgIpc) is 2.78. The first-order chi connectivity index (χ1) is 15.1. The number of nitrogens with one attached hydrogen (secondary N) is 1. The van der Waals surface area contributed by atoms with Crippen LogP contribution in [0.3, 0.4) is 0 Å². The lowest BCUT2D eigenvalue weighted by Gasteiger charge is -2.26. The Morgan fingerprint density at radius 3 is 2.65 bits per heavy atom. The number of halogens is 1. The van der Waals surface area contributed by atoms with Crippen molar-refractivity contribution in [3.8, 4) is 11.5 Å². The third-order valence-corrected chi connectivity index (χ3v) is 5.29. The summed E-state index contributed by atoms with van der Waals surface area (Å²) in [6.45, 7) is 7.01. The summed E-state index contributed by atoms with van der Waals surface area (Å²) >= 11 is 6.26. The van der Waals surface area contributed by atoms with Crippen molar-refractivity contribution in [2.24, 2.45) is 0 Å². The Kier molecular flexibility index (Phi) is 8.76. The minimum absolute atomic E-state index is 0.217. The molecule has 1 saturated heterocycles. The molecule has 0 atom stereocenters. The van der Waals surface area contributed by atoms with Gasteiger partial charge in [0.05, 0.1) is 32.0 Å². The predicted octanol–water partition coefficient (Wildman–Crippen LogP) is 4.27. The molecular formula is C24H29ClN2O4. The van der Waals surface area contributed by atoms with Gasteiger partial charge in [0.2, 0.25) is 5.91 Å². The molecule has 0 aliphatic carbocycles. The molecule has 0 saturated carbocycles. The maximum absolute atomic E-state index is 12.3. The molecule has 0 radical (unpaired) electrons. The van der Waals surface area contributed by atoms with E-state index in [0.717, 1.165) is 50.5 Å². The number of morpholine rings is 1. The second-order valence-electron chi connectivity index (χ2n) is 7.19. The predicted molar refractivity (Wildman–Crippen MR) is 124 cm³/mol. The summed E-state index contributed by atoms with van der Waals surface area (Å²) in [4.78, 5) is 14.7. The van der Waals surface area contributed by atoms with Gasteiger partial charge < -0.3 is 19.5 Å². The van der Waals surface area contributed by atoms with E-state index in [1.807, 2.05) is 19.1 Å². The average molecular weight is 445 g/mol. The van der Waals surface area contributed by atoms with E-state index in [1.54, 1.807) is 25.3 Å². The Bertz CT molecular complexity index is 893. The summed E-state index contributed by atoms with van der Waals surface area (Å²) in [5.41, 5.74) is 2.76. The van der Waals surface area contributed by atoms with E-state index in [9.17, 15) is 4.79 Å². The second kappa shape index (κ2) is 11.7. The van der Waals surface area contributed by atoms with Crippen LogP contribution in [0.4, 0.5) is 5.69 Å². The molecular weight excluding hydrogens is 416 g/mol. The third kappa shape index (κ3) is 6.99. The molecule has 0 bridgehead atoms. The van der Waals surface area contributed by atoms with E-state index in [1.165, 1.54) is 11.6 Å². The molecule has 1 aliphatic heterocycles. The zero-order chi connectivity index (χ0) is 22.1. The van der Waals surface area contributed by atoms with Gasteiger partial charge in [-0.15, -0.1) is 0 Å². The first kappa shape index (κ1) is 23.1. The molecule has 2 aromatic carbocycles. The highest BCUT2D eigenvalue weighted by Crippen LogP contribution is 2.36. The highest BCUT2D eigenvalue weighted by molar-refractivity contribution is 6.32. The minimum Gasteiger partial charge on any atom is -0.491 e. The van der Waals surface area contributed by atoms with Crippen LogP contribution in [0.1, 0.15) is 18.1 Å². The number of carbonyl (C=O) groups excluding carboxylic acids is 1. The van der Waals surface area contributed by atoms with Gasteiger partial charge in [0.25, 0.3) is 0 Å². The van der Waals surface area contributed by atoms with E-state index < -0.39 is 0 Å². The lowest BCUT2D eigenvalue weighted by atomic mass is 10.1. The second-order valence-corrected chi connectivity index (χ2v) is 7.60. The van der Waals surface area contributed by atoms with Gasteiger partial charge in [-0.3, -0.25) is 9.69 Å². The molecule has 166 valence electrons. The van der Waals surface area contributed by atoms with Gasteiger partial charge in [0.1, 0.15) is 0 Å². The molecule has 7 heteroatoms. The summed E-state index contributed by atoms with van der Waals surface area (Å²) < 4.78 is 16.2. The number of methoxy groups -OCH3 is 1. The van der Waals surface area contributed by atoms with Gasteiger partial charge >= 0.3 is 0 Å². The van der Waals surface area contributed by atoms with Gasteiger partial charge in [-0.25, -0.2) is 0 Å². The highest BCUT2D eigenvalue weighted by atomic mass is 35.5. The van der Waals surface area contributed by atoms with Crippen molar-refractivity contribution in [2.45, 2.75) is 13.3 Å². The van der Waals surface area contributed by atoms with Crippen molar-refractivity contribution in [1.29, 1.82) is 0 Å². The number of rotatable bonds is 9. The normalized spacial score (nSPS) is 14.5. The molecule has 0 aromatic heterocycles. The zero-order valence-electron chi connectivity index (χ0n) is 18.0. The van der Waals surface area contributed by atoms with Crippen LogP contribution in [0.2, 0.25) is 5.02 Å². The topological polar surface area (TPSA) is 60.0 Å². The standard InChI is InChI=1S/C24H29ClN2O4/c1-3-31-22-17-19(16-21(25)24(22)29-2)6-9-23(28)26-20-7-4-18(5-8-20)10-11-27-12-14-30-15-13-27/h4-9,16-17H,3,10-15H2,1-2H3,(H,26,28). The fourth-order valence-corrected chi connectivity index (χ4v) is 3.66. The first-order valence-electron chi connectivity index (χ1n) is 10.5. The first-order valence-corrected chi connectivity index (χ1v) is 10.8. The van der Waals surface area contributed by atoms with Crippen molar-refractivity contribution in [2.75, 3.05) is 51.9 Å². The smallest absolute Gasteiger partial charge is 0.248 e. The quantitative estimate of drug-likeness (QED) is 0.585. The Balaban J connectivity index is 1.54. The van der Waals surface area contributed by atoms with Crippen LogP contribution in [0.5, 0.6) is 11.5 Å². The minimum atomic E-state index is -0.217. The summed E-state index contributed by atoms with van der Waals surface area (Å²) in [6.07, 6.45) is 4.15. The van der Waals surface area contributed by atoms with Crippen molar-refractivity contribution in [3.05, 3.63) is 58.6 Å². The van der Waals surface area contributed by atoms with Crippen LogP contribution in [0.15, 0.2) is 42.5 Å². The van der Waals surface area contributed by atoms with Crippen molar-refractivity contribution < 1.29 is 19.0 Å². The Labute approximate surface area is 188 Å². The molecule has 1 aliphatic rings. The molecule has 1 N–H and O–H groups in total. The Morgan fingerprint density at radius 1 is 1.23 bits per heavy atom. The number of benzene rings is 2. The highest BCUT2D eigenvalue weighted by Gasteiger charge is 2.11. The monoisotopic (exact) mass is 444 g/mol. The molecule has 2 aromatic rings. The molecule has 1 amide bonds. The number of hydrogen-bond donors (Lipinski definition) is 1. The van der Waals surface area contributed by atoms with Crippen LogP contribution in [-0.2, 0) is 16.0 Å². The molecule has 3 rings (SSSR count). The largest absolute Gasteiger partial charge is 0.491 e. The SMILES string of the molecule is CCOc1cc(C=CC(=O)Nc2ccc(CCN3CCOCC3)cc2)cc(Cl)c1OC. The van der Waals surface area contributed by atoms with Crippen LogP contribution in [0, 0.1) is 0 Å². The summed E-state index contributed by atoms with van der Waals surface area (Å²) in [5.74, 6) is 0.815. The number of nitrogens with zero attached hydrogens (tertiary/aromatic N) is 1. The van der Waals surface area contributed by atoms with Crippen LogP contribution >= 0.6 is 11.6 Å². The third-order valence-electron chi connectivity index (χ3n) is 5.00. The van der Waals surface area contributed by atoms with Gasteiger partial charge in [-0.2, -0.15) is 0 Å². The fourth-order valence-electron chi connectivity index (χ4n) is 3.37. The van der Waals surface area contributed by atoms with Gasteiger partial charge in [-0.1, -0.05) is 23.7 Å². The Morgan fingerprint density at radius 2 is 1.97 bits per heavy atom. The van der Waals surface area contributed by atoms with Crippen molar-refractivity contribution >= 4 is 29.3 Å². The van der Waals surface area contributed by atoms with Gasteiger partial charge in [-0.05, 0) is 54.8 Å². The van der Waals surface area contributed by atoms with E-state index in [2.05, 4.69) is 22.3 Å². The number of anilines is 1. The Hall–Kier alpha value is -2.54. The van der Waals surface area contributed by atoms with Crippen LogP contribution in [-0.4, -0.2) is 57.4 Å². The van der Waals surface area contributed by atoms with Crippen molar-refractivity contribution in [3.63, 3.8) is 0 Å². The van der Waals surface area contributed by atoms with Crippen molar-refractivity contribution in [1.82, 2.24) is 4.90 Å². The zero-order valence-corrected chi connectivity index (χ0v) is 18.8. The number of carbonyl (C=O) groups is 1. The maximum Gasteiger partial charge on any atom is 0.248 e. The number of amides is 1. The summed E-state index contributed by atoms with van der Waals surface area (Å²) in [7, 11) is 1.54. The molecule has 1 fully saturated rings. The lowest BCUT2D eigenvalue weighted by Crippen LogP contribution is -2.37.